The minimum atomic E-state index is -0.298. The Kier molecular flexibility index (Phi) is 6.11. The average molecular weight is 485 g/mol. The average Bonchev–Trinajstić information content (AvgIpc) is 3.60. The lowest BCUT2D eigenvalue weighted by molar-refractivity contribution is 0.0913. The van der Waals surface area contributed by atoms with E-state index in [2.05, 4.69) is 30.9 Å². The summed E-state index contributed by atoms with van der Waals surface area (Å²) >= 11 is 0. The number of rotatable bonds is 6. The van der Waals surface area contributed by atoms with Gasteiger partial charge in [0.1, 0.15) is 30.8 Å². The van der Waals surface area contributed by atoms with Crippen molar-refractivity contribution in [3.05, 3.63) is 77.9 Å². The summed E-state index contributed by atoms with van der Waals surface area (Å²) in [6.07, 6.45) is 5.79. The fourth-order valence-corrected chi connectivity index (χ4v) is 5.10. The number of anilines is 1. The van der Waals surface area contributed by atoms with Gasteiger partial charge in [-0.1, -0.05) is 42.5 Å². The Morgan fingerprint density at radius 2 is 1.97 bits per heavy atom. The van der Waals surface area contributed by atoms with Gasteiger partial charge in [-0.3, -0.25) is 0 Å². The second-order valence-corrected chi connectivity index (χ2v) is 9.20. The molecule has 0 spiro atoms. The molecule has 36 heavy (non-hydrogen) atoms. The molecule has 2 aliphatic heterocycles. The number of benzene rings is 2. The van der Waals surface area contributed by atoms with Crippen LogP contribution >= 0.6 is 0 Å². The molecular weight excluding hydrogens is 456 g/mol. The number of amides is 1. The summed E-state index contributed by atoms with van der Waals surface area (Å²) in [7, 11) is 0. The number of aromatic amines is 1. The molecule has 4 aromatic rings. The number of carbonyl (C=O) groups excluding carboxylic acids is 1. The first-order valence-corrected chi connectivity index (χ1v) is 12.4. The number of ether oxygens (including phenoxy) is 2. The summed E-state index contributed by atoms with van der Waals surface area (Å²) in [5.74, 6) is 1.69. The van der Waals surface area contributed by atoms with E-state index < -0.39 is 0 Å². The number of imidazole rings is 1. The molecule has 0 saturated carbocycles. The Hall–Kier alpha value is -4.14. The van der Waals surface area contributed by atoms with Crippen molar-refractivity contribution in [2.45, 2.75) is 38.5 Å². The fraction of sp³-hybridized carbons (Fsp3) is 0.333. The molecule has 1 atom stereocenters. The number of aromatic nitrogens is 4. The lowest BCUT2D eigenvalue weighted by atomic mass is 9.99. The largest absolute Gasteiger partial charge is 0.491 e. The van der Waals surface area contributed by atoms with E-state index in [-0.39, 0.29) is 18.7 Å². The molecule has 9 heteroatoms. The van der Waals surface area contributed by atoms with E-state index in [1.807, 2.05) is 42.5 Å². The summed E-state index contributed by atoms with van der Waals surface area (Å²) in [4.78, 5) is 33.0. The van der Waals surface area contributed by atoms with Gasteiger partial charge < -0.3 is 24.3 Å². The van der Waals surface area contributed by atoms with Crippen LogP contribution in [0.4, 0.5) is 10.6 Å². The minimum absolute atomic E-state index is 0.192. The summed E-state index contributed by atoms with van der Waals surface area (Å²) in [6.45, 7) is 2.83. The molecule has 4 heterocycles. The van der Waals surface area contributed by atoms with Crippen LogP contribution < -0.4 is 9.64 Å². The molecule has 1 unspecified atom stereocenters. The van der Waals surface area contributed by atoms with Crippen molar-refractivity contribution in [1.82, 2.24) is 24.8 Å². The maximum absolute atomic E-state index is 12.8. The highest BCUT2D eigenvalue weighted by atomic mass is 16.6. The van der Waals surface area contributed by atoms with Gasteiger partial charge in [-0.25, -0.2) is 19.7 Å². The summed E-state index contributed by atoms with van der Waals surface area (Å²) in [5, 5.41) is 0. The molecule has 0 radical (unpaired) electrons. The zero-order valence-electron chi connectivity index (χ0n) is 20.0. The molecular formula is C27H28N6O3. The third-order valence-electron chi connectivity index (χ3n) is 6.98. The van der Waals surface area contributed by atoms with Crippen LogP contribution in [0.3, 0.4) is 0 Å². The lowest BCUT2D eigenvalue weighted by Gasteiger charge is -2.30. The van der Waals surface area contributed by atoms with Crippen LogP contribution in [0.2, 0.25) is 0 Å². The van der Waals surface area contributed by atoms with Crippen molar-refractivity contribution in [2.75, 3.05) is 24.6 Å². The molecule has 1 saturated heterocycles. The SMILES string of the molecule is O=C(OCc1ccccc1)N1CCc2cccc(OCC3CCCN3c3ncnc4nc[nH]c34)c2C1. The molecule has 2 aromatic carbocycles. The maximum atomic E-state index is 12.8. The van der Waals surface area contributed by atoms with Gasteiger partial charge in [0.25, 0.3) is 0 Å². The van der Waals surface area contributed by atoms with E-state index in [4.69, 9.17) is 9.47 Å². The van der Waals surface area contributed by atoms with E-state index in [0.717, 1.165) is 54.0 Å². The molecule has 2 aliphatic rings. The van der Waals surface area contributed by atoms with Crippen LogP contribution in [-0.2, 0) is 24.3 Å². The van der Waals surface area contributed by atoms with E-state index in [9.17, 15) is 4.79 Å². The number of hydrogen-bond acceptors (Lipinski definition) is 7. The molecule has 2 aromatic heterocycles. The number of nitrogens with zero attached hydrogens (tertiary/aromatic N) is 5. The van der Waals surface area contributed by atoms with E-state index >= 15 is 0 Å². The highest BCUT2D eigenvalue weighted by Crippen LogP contribution is 2.31. The summed E-state index contributed by atoms with van der Waals surface area (Å²) in [6, 6.07) is 16.1. The van der Waals surface area contributed by atoms with Crippen LogP contribution in [0, 0.1) is 0 Å². The van der Waals surface area contributed by atoms with Gasteiger partial charge in [0.05, 0.1) is 18.9 Å². The first kappa shape index (κ1) is 22.3. The van der Waals surface area contributed by atoms with Gasteiger partial charge in [0.15, 0.2) is 11.5 Å². The lowest BCUT2D eigenvalue weighted by Crippen LogP contribution is -2.37. The molecule has 0 bridgehead atoms. The highest BCUT2D eigenvalue weighted by molar-refractivity contribution is 5.83. The number of H-pyrrole nitrogens is 1. The van der Waals surface area contributed by atoms with Crippen molar-refractivity contribution < 1.29 is 14.3 Å². The van der Waals surface area contributed by atoms with Crippen LogP contribution in [0.15, 0.2) is 61.2 Å². The second-order valence-electron chi connectivity index (χ2n) is 9.20. The molecule has 1 fully saturated rings. The Morgan fingerprint density at radius 1 is 1.06 bits per heavy atom. The standard InChI is InChI=1S/C27H28N6O3/c34-27(36-15-19-6-2-1-3-7-19)32-13-11-20-8-4-10-23(22(20)14-32)35-16-21-9-5-12-33(21)26-24-25(29-17-28-24)30-18-31-26/h1-4,6-8,10,17-18,21H,5,9,11-16H2,(H,28,29,30,31). The first-order chi connectivity index (χ1) is 17.8. The zero-order valence-corrected chi connectivity index (χ0v) is 20.0. The van der Waals surface area contributed by atoms with Crippen LogP contribution in [0.25, 0.3) is 11.2 Å². The predicted octanol–water partition coefficient (Wildman–Crippen LogP) is 4.10. The number of nitrogens with one attached hydrogen (secondary N) is 1. The third-order valence-corrected chi connectivity index (χ3v) is 6.98. The van der Waals surface area contributed by atoms with Gasteiger partial charge in [-0.05, 0) is 36.5 Å². The van der Waals surface area contributed by atoms with Gasteiger partial charge in [-0.15, -0.1) is 0 Å². The topological polar surface area (TPSA) is 96.5 Å². The second kappa shape index (κ2) is 9.85. The first-order valence-electron chi connectivity index (χ1n) is 12.4. The number of carbonyl (C=O) groups is 1. The highest BCUT2D eigenvalue weighted by Gasteiger charge is 2.30. The smallest absolute Gasteiger partial charge is 0.410 e. The van der Waals surface area contributed by atoms with Gasteiger partial charge in [0.2, 0.25) is 0 Å². The number of hydrogen-bond donors (Lipinski definition) is 1. The molecule has 6 rings (SSSR count). The van der Waals surface area contributed by atoms with Crippen molar-refractivity contribution in [3.63, 3.8) is 0 Å². The summed E-state index contributed by atoms with van der Waals surface area (Å²) in [5.41, 5.74) is 4.78. The van der Waals surface area contributed by atoms with Gasteiger partial charge >= 0.3 is 6.09 Å². The Labute approximate surface area is 209 Å². The summed E-state index contributed by atoms with van der Waals surface area (Å²) < 4.78 is 12.0. The van der Waals surface area contributed by atoms with E-state index in [0.29, 0.717) is 25.3 Å². The Morgan fingerprint density at radius 3 is 2.89 bits per heavy atom. The van der Waals surface area contributed by atoms with Crippen molar-refractivity contribution in [1.29, 1.82) is 0 Å². The van der Waals surface area contributed by atoms with Gasteiger partial charge in [0, 0.05) is 18.7 Å². The van der Waals surface area contributed by atoms with Crippen LogP contribution in [0.5, 0.6) is 5.75 Å². The maximum Gasteiger partial charge on any atom is 0.410 e. The van der Waals surface area contributed by atoms with E-state index in [1.165, 1.54) is 5.56 Å². The third kappa shape index (κ3) is 4.44. The molecule has 184 valence electrons. The monoisotopic (exact) mass is 484 g/mol. The number of fused-ring (bicyclic) bond motifs is 2. The molecule has 1 N–H and O–H groups in total. The molecule has 0 aliphatic carbocycles. The Balaban J connectivity index is 1.13. The quantitative estimate of drug-likeness (QED) is 0.440. The van der Waals surface area contributed by atoms with Crippen LogP contribution in [0.1, 0.15) is 29.5 Å². The zero-order chi connectivity index (χ0) is 24.3. The molecule has 1 amide bonds. The van der Waals surface area contributed by atoms with Crippen LogP contribution in [-0.4, -0.2) is 56.7 Å². The Bertz CT molecular complexity index is 1360. The normalized spacial score (nSPS) is 17.3. The van der Waals surface area contributed by atoms with Crippen molar-refractivity contribution >= 4 is 23.1 Å². The molecule has 9 nitrogen and oxygen atoms in total. The minimum Gasteiger partial charge on any atom is -0.491 e. The van der Waals surface area contributed by atoms with Crippen molar-refractivity contribution in [3.8, 4) is 5.75 Å². The predicted molar refractivity (Wildman–Crippen MR) is 135 cm³/mol. The van der Waals surface area contributed by atoms with Gasteiger partial charge in [-0.2, -0.15) is 0 Å². The fourth-order valence-electron chi connectivity index (χ4n) is 5.10. The van der Waals surface area contributed by atoms with E-state index in [1.54, 1.807) is 17.6 Å². The van der Waals surface area contributed by atoms with Crippen molar-refractivity contribution in [2.24, 2.45) is 0 Å².